The van der Waals surface area contributed by atoms with Gasteiger partial charge >= 0.3 is 0 Å². The van der Waals surface area contributed by atoms with Gasteiger partial charge in [-0.2, -0.15) is 4.31 Å². The van der Waals surface area contributed by atoms with Gasteiger partial charge < -0.3 is 15.4 Å². The molecule has 152 valence electrons. The molecule has 1 aliphatic rings. The van der Waals surface area contributed by atoms with Crippen molar-refractivity contribution in [3.63, 3.8) is 0 Å². The van der Waals surface area contributed by atoms with Crippen LogP contribution < -0.4 is 15.4 Å². The Labute approximate surface area is 162 Å². The third kappa shape index (κ3) is 5.92. The number of benzene rings is 1. The van der Waals surface area contributed by atoms with Crippen molar-refractivity contribution in [1.82, 2.24) is 14.9 Å². The maximum Gasteiger partial charge on any atom is 0.251 e. The molecule has 0 bridgehead atoms. The summed E-state index contributed by atoms with van der Waals surface area (Å²) in [5.74, 6) is -0.0244. The summed E-state index contributed by atoms with van der Waals surface area (Å²) in [6.07, 6.45) is 4.82. The number of nitrogens with one attached hydrogen (secondary N) is 2. The first-order valence-electron chi connectivity index (χ1n) is 9.67. The summed E-state index contributed by atoms with van der Waals surface area (Å²) in [7, 11) is -2.26. The lowest BCUT2D eigenvalue weighted by molar-refractivity contribution is 0.0953. The molecular weight excluding hydrogens is 366 g/mol. The Hall–Kier alpha value is -1.64. The normalized spacial score (nSPS) is 15.9. The quantitative estimate of drug-likeness (QED) is 0.622. The summed E-state index contributed by atoms with van der Waals surface area (Å²) in [6, 6.07) is 4.57. The van der Waals surface area contributed by atoms with Gasteiger partial charge in [0.2, 0.25) is 10.0 Å². The molecule has 1 aliphatic heterocycles. The number of rotatable bonds is 9. The Morgan fingerprint density at radius 1 is 1.11 bits per heavy atom. The molecule has 2 N–H and O–H groups in total. The van der Waals surface area contributed by atoms with E-state index in [1.54, 1.807) is 12.1 Å². The van der Waals surface area contributed by atoms with Crippen LogP contribution in [0.5, 0.6) is 5.75 Å². The van der Waals surface area contributed by atoms with Crippen LogP contribution in [-0.4, -0.2) is 58.5 Å². The Morgan fingerprint density at radius 2 is 1.81 bits per heavy atom. The van der Waals surface area contributed by atoms with Crippen LogP contribution in [0.3, 0.4) is 0 Å². The average molecular weight is 398 g/mol. The number of carbonyl (C=O) groups is 1. The minimum Gasteiger partial charge on any atom is -0.495 e. The van der Waals surface area contributed by atoms with Gasteiger partial charge in [0.25, 0.3) is 5.91 Å². The lowest BCUT2D eigenvalue weighted by atomic mass is 10.2. The number of nitrogens with zero attached hydrogens (tertiary/aromatic N) is 1. The molecule has 8 heteroatoms. The second-order valence-corrected chi connectivity index (χ2v) is 8.60. The fraction of sp³-hybridized carbons (Fsp3) is 0.632. The van der Waals surface area contributed by atoms with Gasteiger partial charge in [-0.15, -0.1) is 0 Å². The van der Waals surface area contributed by atoms with E-state index in [4.69, 9.17) is 4.74 Å². The van der Waals surface area contributed by atoms with Crippen LogP contribution in [0.4, 0.5) is 0 Å². The molecule has 7 nitrogen and oxygen atoms in total. The van der Waals surface area contributed by atoms with Crippen LogP contribution in [-0.2, 0) is 10.0 Å². The zero-order chi connectivity index (χ0) is 19.7. The lowest BCUT2D eigenvalue weighted by Gasteiger charge is -2.21. The molecule has 1 heterocycles. The molecule has 1 saturated heterocycles. The van der Waals surface area contributed by atoms with Gasteiger partial charge in [0.15, 0.2) is 0 Å². The van der Waals surface area contributed by atoms with Crippen LogP contribution in [0.2, 0.25) is 0 Å². The fourth-order valence-corrected chi connectivity index (χ4v) is 4.81. The van der Waals surface area contributed by atoms with Crippen LogP contribution >= 0.6 is 0 Å². The predicted octanol–water partition coefficient (Wildman–Crippen LogP) is 1.99. The van der Waals surface area contributed by atoms with E-state index in [0.717, 1.165) is 38.6 Å². The topological polar surface area (TPSA) is 87.7 Å². The Morgan fingerprint density at radius 3 is 2.44 bits per heavy atom. The van der Waals surface area contributed by atoms with E-state index in [9.17, 15) is 13.2 Å². The molecule has 0 unspecified atom stereocenters. The number of carbonyl (C=O) groups excluding carboxylic acids is 1. The number of hydrogen-bond acceptors (Lipinski definition) is 5. The Balaban J connectivity index is 2.17. The minimum absolute atomic E-state index is 0.0589. The van der Waals surface area contributed by atoms with Gasteiger partial charge in [0.1, 0.15) is 10.6 Å². The average Bonchev–Trinajstić information content (AvgIpc) is 2.97. The van der Waals surface area contributed by atoms with E-state index in [1.807, 2.05) is 0 Å². The zero-order valence-electron chi connectivity index (χ0n) is 16.3. The first kappa shape index (κ1) is 21.7. The van der Waals surface area contributed by atoms with Crippen molar-refractivity contribution >= 4 is 15.9 Å². The molecular formula is C19H31N3O4S. The second kappa shape index (κ2) is 10.6. The monoisotopic (exact) mass is 397 g/mol. The van der Waals surface area contributed by atoms with E-state index in [1.165, 1.54) is 17.5 Å². The van der Waals surface area contributed by atoms with Crippen LogP contribution in [0, 0.1) is 0 Å². The lowest BCUT2D eigenvalue weighted by Crippen LogP contribution is -2.33. The molecule has 0 radical (unpaired) electrons. The van der Waals surface area contributed by atoms with Crippen molar-refractivity contribution in [3.05, 3.63) is 23.8 Å². The summed E-state index contributed by atoms with van der Waals surface area (Å²) in [6.45, 7) is 5.15. The van der Waals surface area contributed by atoms with Gasteiger partial charge in [0.05, 0.1) is 7.11 Å². The Kier molecular flexibility index (Phi) is 8.53. The highest BCUT2D eigenvalue weighted by Gasteiger charge is 2.29. The highest BCUT2D eigenvalue weighted by atomic mass is 32.2. The first-order valence-corrected chi connectivity index (χ1v) is 11.1. The summed E-state index contributed by atoms with van der Waals surface area (Å²) >= 11 is 0. The van der Waals surface area contributed by atoms with Crippen molar-refractivity contribution in [2.45, 2.75) is 43.9 Å². The molecule has 1 aromatic rings. The Bertz CT molecular complexity index is 714. The third-order valence-electron chi connectivity index (χ3n) is 4.62. The largest absolute Gasteiger partial charge is 0.495 e. The molecule has 1 amide bonds. The van der Waals surface area contributed by atoms with Gasteiger partial charge in [-0.25, -0.2) is 8.42 Å². The first-order chi connectivity index (χ1) is 13.0. The summed E-state index contributed by atoms with van der Waals surface area (Å²) in [5.41, 5.74) is 0.319. The predicted molar refractivity (Wildman–Crippen MR) is 106 cm³/mol. The van der Waals surface area contributed by atoms with E-state index >= 15 is 0 Å². The molecule has 2 rings (SSSR count). The molecule has 0 atom stereocenters. The summed E-state index contributed by atoms with van der Waals surface area (Å²) < 4.78 is 33.0. The van der Waals surface area contributed by atoms with Gasteiger partial charge in [-0.05, 0) is 44.0 Å². The van der Waals surface area contributed by atoms with Gasteiger partial charge in [-0.1, -0.05) is 19.8 Å². The van der Waals surface area contributed by atoms with Gasteiger partial charge in [-0.3, -0.25) is 4.79 Å². The van der Waals surface area contributed by atoms with Crippen LogP contribution in [0.15, 0.2) is 23.1 Å². The zero-order valence-corrected chi connectivity index (χ0v) is 17.1. The van der Waals surface area contributed by atoms with Crippen LogP contribution in [0.25, 0.3) is 0 Å². The van der Waals surface area contributed by atoms with Gasteiger partial charge in [0, 0.05) is 31.7 Å². The standard InChI is InChI=1S/C19H31N3O4S/c1-3-10-20-11-12-21-19(23)16-8-9-17(26-2)18(15-16)27(24,25)22-13-6-4-5-7-14-22/h8-9,15,20H,3-7,10-14H2,1-2H3,(H,21,23). The maximum absolute atomic E-state index is 13.1. The van der Waals surface area contributed by atoms with Crippen LogP contribution in [0.1, 0.15) is 49.4 Å². The minimum atomic E-state index is -3.70. The highest BCUT2D eigenvalue weighted by Crippen LogP contribution is 2.29. The number of hydrogen-bond donors (Lipinski definition) is 2. The maximum atomic E-state index is 13.1. The number of amides is 1. The molecule has 1 aromatic carbocycles. The molecule has 0 aliphatic carbocycles. The fourth-order valence-electron chi connectivity index (χ4n) is 3.11. The highest BCUT2D eigenvalue weighted by molar-refractivity contribution is 7.89. The van der Waals surface area contributed by atoms with Crippen molar-refractivity contribution in [2.75, 3.05) is 39.8 Å². The van der Waals surface area contributed by atoms with Crippen molar-refractivity contribution in [1.29, 1.82) is 0 Å². The van der Waals surface area contributed by atoms with E-state index < -0.39 is 10.0 Å². The molecule has 0 spiro atoms. The molecule has 0 aromatic heterocycles. The smallest absolute Gasteiger partial charge is 0.251 e. The van der Waals surface area contributed by atoms with E-state index in [2.05, 4.69) is 17.6 Å². The summed E-state index contributed by atoms with van der Waals surface area (Å²) in [5, 5.41) is 6.02. The molecule has 1 fully saturated rings. The summed E-state index contributed by atoms with van der Waals surface area (Å²) in [4.78, 5) is 12.5. The third-order valence-corrected chi connectivity index (χ3v) is 6.54. The van der Waals surface area contributed by atoms with Crippen molar-refractivity contribution in [3.8, 4) is 5.75 Å². The number of methoxy groups -OCH3 is 1. The number of sulfonamides is 1. The van der Waals surface area contributed by atoms with Crippen molar-refractivity contribution < 1.29 is 17.9 Å². The van der Waals surface area contributed by atoms with Crippen molar-refractivity contribution in [2.24, 2.45) is 0 Å². The molecule has 0 saturated carbocycles. The van der Waals surface area contributed by atoms with E-state index in [0.29, 0.717) is 31.7 Å². The second-order valence-electron chi connectivity index (χ2n) is 6.69. The van der Waals surface area contributed by atoms with E-state index in [-0.39, 0.29) is 16.6 Å². The molecule has 27 heavy (non-hydrogen) atoms. The number of ether oxygens (including phenoxy) is 1. The SMILES string of the molecule is CCCNCCNC(=O)c1ccc(OC)c(S(=O)(=O)N2CCCCCC2)c1.